The lowest BCUT2D eigenvalue weighted by atomic mass is 9.81. The predicted octanol–water partition coefficient (Wildman–Crippen LogP) is 3.32. The highest BCUT2D eigenvalue weighted by Gasteiger charge is 2.47. The Labute approximate surface area is 198 Å². The fraction of sp³-hybridized carbons (Fsp3) is 0.385. The largest absolute Gasteiger partial charge is 0.496 e. The first kappa shape index (κ1) is 23.5. The summed E-state index contributed by atoms with van der Waals surface area (Å²) < 4.78 is 5.48. The number of nitrogens with zero attached hydrogens (tertiary/aromatic N) is 2. The van der Waals surface area contributed by atoms with Gasteiger partial charge in [-0.2, -0.15) is 0 Å². The number of hydrogen-bond donors (Lipinski definition) is 1. The Hall–Kier alpha value is -3.68. The number of anilines is 1. The molecule has 2 fully saturated rings. The van der Waals surface area contributed by atoms with Gasteiger partial charge in [-0.05, 0) is 48.7 Å². The van der Waals surface area contributed by atoms with E-state index in [1.165, 1.54) is 4.90 Å². The standard InChI is InChI=1S/C26H29N3O5/c1-27-24(31)14-17-7-10-20(11-8-17)29-25(32)21-5-3-4-6-22(21)28(26(29)33)15-19-13-18(16-30)9-12-23(19)34-2/h7-13,16,21-22H,3-6,14-15H2,1-2H3,(H,27,31). The van der Waals surface area contributed by atoms with Crippen molar-refractivity contribution in [2.24, 2.45) is 5.92 Å². The Kier molecular flexibility index (Phi) is 6.95. The number of likely N-dealkylation sites (N-methyl/N-ethyl adjacent to an activating group) is 1. The molecular formula is C26H29N3O5. The van der Waals surface area contributed by atoms with E-state index in [0.717, 1.165) is 43.1 Å². The van der Waals surface area contributed by atoms with Gasteiger partial charge >= 0.3 is 6.03 Å². The lowest BCUT2D eigenvalue weighted by Crippen LogP contribution is -2.62. The Morgan fingerprint density at radius 1 is 1.12 bits per heavy atom. The minimum Gasteiger partial charge on any atom is -0.496 e. The molecule has 2 aromatic carbocycles. The van der Waals surface area contributed by atoms with Crippen molar-refractivity contribution in [1.29, 1.82) is 0 Å². The third kappa shape index (κ3) is 4.53. The van der Waals surface area contributed by atoms with E-state index < -0.39 is 0 Å². The van der Waals surface area contributed by atoms with Gasteiger partial charge in [0.2, 0.25) is 11.8 Å². The molecule has 8 nitrogen and oxygen atoms in total. The van der Waals surface area contributed by atoms with Crippen LogP contribution in [-0.4, -0.2) is 49.2 Å². The first-order chi connectivity index (χ1) is 16.5. The number of amides is 4. The lowest BCUT2D eigenvalue weighted by molar-refractivity contribution is -0.127. The molecule has 0 spiro atoms. The number of methoxy groups -OCH3 is 1. The van der Waals surface area contributed by atoms with Crippen LogP contribution in [-0.2, 0) is 22.6 Å². The van der Waals surface area contributed by atoms with Crippen molar-refractivity contribution in [3.63, 3.8) is 0 Å². The van der Waals surface area contributed by atoms with Crippen LogP contribution in [0.2, 0.25) is 0 Å². The summed E-state index contributed by atoms with van der Waals surface area (Å²) in [7, 11) is 3.13. The summed E-state index contributed by atoms with van der Waals surface area (Å²) in [6.45, 7) is 0.239. The second-order valence-corrected chi connectivity index (χ2v) is 8.75. The molecule has 2 unspecified atom stereocenters. The van der Waals surface area contributed by atoms with Gasteiger partial charge in [-0.15, -0.1) is 0 Å². The van der Waals surface area contributed by atoms with E-state index in [4.69, 9.17) is 4.74 Å². The number of hydrogen-bond acceptors (Lipinski definition) is 5. The monoisotopic (exact) mass is 463 g/mol. The predicted molar refractivity (Wildman–Crippen MR) is 127 cm³/mol. The van der Waals surface area contributed by atoms with E-state index in [-0.39, 0.29) is 42.8 Å². The highest BCUT2D eigenvalue weighted by atomic mass is 16.5. The maximum Gasteiger partial charge on any atom is 0.331 e. The van der Waals surface area contributed by atoms with Crippen LogP contribution >= 0.6 is 0 Å². The zero-order valence-electron chi connectivity index (χ0n) is 19.5. The number of carbonyl (C=O) groups excluding carboxylic acids is 4. The number of ether oxygens (including phenoxy) is 1. The highest BCUT2D eigenvalue weighted by Crippen LogP contribution is 2.38. The van der Waals surface area contributed by atoms with Gasteiger partial charge in [0.05, 0.1) is 31.7 Å². The number of benzene rings is 2. The maximum atomic E-state index is 13.7. The fourth-order valence-corrected chi connectivity index (χ4v) is 4.94. The Bertz CT molecular complexity index is 1100. The molecule has 4 amide bonds. The average molecular weight is 464 g/mol. The molecule has 1 heterocycles. The molecule has 1 saturated carbocycles. The molecule has 2 aromatic rings. The molecule has 1 aliphatic heterocycles. The van der Waals surface area contributed by atoms with E-state index in [0.29, 0.717) is 17.0 Å². The van der Waals surface area contributed by atoms with E-state index in [1.807, 2.05) is 0 Å². The maximum absolute atomic E-state index is 13.7. The van der Waals surface area contributed by atoms with E-state index in [9.17, 15) is 19.2 Å². The van der Waals surface area contributed by atoms with Gasteiger partial charge < -0.3 is 15.0 Å². The van der Waals surface area contributed by atoms with Gasteiger partial charge in [-0.3, -0.25) is 14.4 Å². The zero-order valence-corrected chi connectivity index (χ0v) is 19.5. The summed E-state index contributed by atoms with van der Waals surface area (Å²) in [5, 5.41) is 2.59. The summed E-state index contributed by atoms with van der Waals surface area (Å²) in [6, 6.07) is 11.5. The summed E-state index contributed by atoms with van der Waals surface area (Å²) >= 11 is 0. The molecule has 2 atom stereocenters. The SMILES string of the molecule is CNC(=O)Cc1ccc(N2C(=O)C3CCCCC3N(Cc3cc(C=O)ccc3OC)C2=O)cc1. The van der Waals surface area contributed by atoms with Crippen LogP contribution in [0.4, 0.5) is 10.5 Å². The fourth-order valence-electron chi connectivity index (χ4n) is 4.94. The van der Waals surface area contributed by atoms with E-state index in [1.54, 1.807) is 61.5 Å². The van der Waals surface area contributed by atoms with Crippen molar-refractivity contribution in [1.82, 2.24) is 10.2 Å². The van der Waals surface area contributed by atoms with Gasteiger partial charge in [-0.1, -0.05) is 25.0 Å². The summed E-state index contributed by atoms with van der Waals surface area (Å²) in [5.41, 5.74) is 2.50. The van der Waals surface area contributed by atoms with Gasteiger partial charge in [0.15, 0.2) is 0 Å². The molecule has 1 N–H and O–H groups in total. The Morgan fingerprint density at radius 2 is 1.85 bits per heavy atom. The number of carbonyl (C=O) groups is 4. The molecular weight excluding hydrogens is 434 g/mol. The van der Waals surface area contributed by atoms with Crippen LogP contribution < -0.4 is 15.0 Å². The molecule has 0 radical (unpaired) electrons. The third-order valence-corrected chi connectivity index (χ3v) is 6.72. The van der Waals surface area contributed by atoms with Crippen molar-refractivity contribution in [3.05, 3.63) is 59.2 Å². The highest BCUT2D eigenvalue weighted by molar-refractivity contribution is 6.17. The van der Waals surface area contributed by atoms with Gasteiger partial charge in [0.1, 0.15) is 12.0 Å². The smallest absolute Gasteiger partial charge is 0.331 e. The van der Waals surface area contributed by atoms with Crippen LogP contribution in [0.25, 0.3) is 0 Å². The summed E-state index contributed by atoms with van der Waals surface area (Å²) in [6.07, 6.45) is 4.37. The van der Waals surface area contributed by atoms with Crippen molar-refractivity contribution in [3.8, 4) is 5.75 Å². The molecule has 8 heteroatoms. The van der Waals surface area contributed by atoms with Crippen LogP contribution in [0.1, 0.15) is 47.2 Å². The second kappa shape index (κ2) is 10.1. The van der Waals surface area contributed by atoms with Crippen LogP contribution in [0.5, 0.6) is 5.75 Å². The molecule has 1 saturated heterocycles. The number of fused-ring (bicyclic) bond motifs is 1. The topological polar surface area (TPSA) is 96.0 Å². The second-order valence-electron chi connectivity index (χ2n) is 8.75. The van der Waals surface area contributed by atoms with Crippen molar-refractivity contribution < 1.29 is 23.9 Å². The molecule has 0 aromatic heterocycles. The van der Waals surface area contributed by atoms with Gasteiger partial charge in [0, 0.05) is 24.2 Å². The minimum atomic E-state index is -0.384. The number of aldehydes is 1. The number of urea groups is 1. The summed E-state index contributed by atoms with van der Waals surface area (Å²) in [5.74, 6) is 0.0178. The molecule has 2 aliphatic rings. The Morgan fingerprint density at radius 3 is 2.53 bits per heavy atom. The van der Waals surface area contributed by atoms with E-state index >= 15 is 0 Å². The molecule has 34 heavy (non-hydrogen) atoms. The van der Waals surface area contributed by atoms with Crippen LogP contribution in [0.15, 0.2) is 42.5 Å². The third-order valence-electron chi connectivity index (χ3n) is 6.72. The summed E-state index contributed by atoms with van der Waals surface area (Å²) in [4.78, 5) is 53.2. The first-order valence-electron chi connectivity index (χ1n) is 11.5. The molecule has 4 rings (SSSR count). The van der Waals surface area contributed by atoms with E-state index in [2.05, 4.69) is 5.32 Å². The van der Waals surface area contributed by atoms with Gasteiger partial charge in [0.25, 0.3) is 0 Å². The van der Waals surface area contributed by atoms with Crippen molar-refractivity contribution in [2.75, 3.05) is 19.1 Å². The number of nitrogens with one attached hydrogen (secondary N) is 1. The quantitative estimate of drug-likeness (QED) is 0.636. The van der Waals surface area contributed by atoms with Crippen molar-refractivity contribution >= 4 is 29.8 Å². The van der Waals surface area contributed by atoms with Crippen molar-refractivity contribution in [2.45, 2.75) is 44.7 Å². The Balaban J connectivity index is 1.67. The van der Waals surface area contributed by atoms with Gasteiger partial charge in [-0.25, -0.2) is 9.69 Å². The molecule has 0 bridgehead atoms. The number of rotatable bonds is 7. The molecule has 178 valence electrons. The normalized spacial score (nSPS) is 20.1. The minimum absolute atomic E-state index is 0.111. The van der Waals surface area contributed by atoms with Crippen LogP contribution in [0, 0.1) is 5.92 Å². The average Bonchev–Trinajstić information content (AvgIpc) is 2.87. The van der Waals surface area contributed by atoms with Crippen LogP contribution in [0.3, 0.4) is 0 Å². The molecule has 1 aliphatic carbocycles. The number of imide groups is 1. The lowest BCUT2D eigenvalue weighted by Gasteiger charge is -2.47. The zero-order chi connectivity index (χ0) is 24.2. The first-order valence-corrected chi connectivity index (χ1v) is 11.5.